The van der Waals surface area contributed by atoms with Crippen molar-refractivity contribution in [2.75, 3.05) is 0 Å². The van der Waals surface area contributed by atoms with Gasteiger partial charge < -0.3 is 0 Å². The molecule has 0 atom stereocenters. The molecule has 0 aromatic heterocycles. The Morgan fingerprint density at radius 1 is 0.875 bits per heavy atom. The van der Waals surface area contributed by atoms with Gasteiger partial charge in [0.15, 0.2) is 0 Å². The number of hydrogen-bond donors (Lipinski definition) is 0. The lowest BCUT2D eigenvalue weighted by atomic mass is 9.91. The van der Waals surface area contributed by atoms with Crippen LogP contribution in [0.1, 0.15) is 17.5 Å². The van der Waals surface area contributed by atoms with Crippen LogP contribution >= 0.6 is 0 Å². The first-order chi connectivity index (χ1) is 7.95. The fourth-order valence-electron chi connectivity index (χ4n) is 2.85. The van der Waals surface area contributed by atoms with E-state index in [4.69, 9.17) is 0 Å². The first-order valence-corrected chi connectivity index (χ1v) is 5.72. The second-order valence-electron chi connectivity index (χ2n) is 4.38. The molecule has 0 unspecified atom stereocenters. The first-order valence-electron chi connectivity index (χ1n) is 5.72. The van der Waals surface area contributed by atoms with Gasteiger partial charge in [-0.05, 0) is 33.9 Å². The van der Waals surface area contributed by atoms with Crippen LogP contribution in [0.4, 0.5) is 0 Å². The monoisotopic (exact) mass is 203 g/mol. The van der Waals surface area contributed by atoms with Gasteiger partial charge in [-0.15, -0.1) is 0 Å². The van der Waals surface area contributed by atoms with Gasteiger partial charge in [-0.25, -0.2) is 0 Å². The third-order valence-corrected chi connectivity index (χ3v) is 3.52. The molecule has 2 aromatic rings. The molecule has 0 aliphatic heterocycles. The van der Waals surface area contributed by atoms with Crippen molar-refractivity contribution in [3.63, 3.8) is 0 Å². The lowest BCUT2D eigenvalue weighted by Crippen LogP contribution is -1.95. The fourth-order valence-corrected chi connectivity index (χ4v) is 2.85. The fraction of sp³-hybridized carbons (Fsp3) is 0.0625. The Morgan fingerprint density at radius 2 is 1.69 bits per heavy atom. The summed E-state index contributed by atoms with van der Waals surface area (Å²) in [6.07, 6.45) is 7.90. The molecule has 0 saturated carbocycles. The summed E-state index contributed by atoms with van der Waals surface area (Å²) in [5, 5.41) is 2.78. The zero-order chi connectivity index (χ0) is 10.5. The van der Waals surface area contributed by atoms with Gasteiger partial charge in [-0.1, -0.05) is 54.6 Å². The quantitative estimate of drug-likeness (QED) is 0.604. The lowest BCUT2D eigenvalue weighted by Gasteiger charge is -2.12. The van der Waals surface area contributed by atoms with Crippen LogP contribution in [-0.2, 0) is 0 Å². The number of allylic oxidation sites excluding steroid dienone is 4. The Kier molecular flexibility index (Phi) is 1.49. The Labute approximate surface area is 94.9 Å². The van der Waals surface area contributed by atoms with Crippen LogP contribution < -0.4 is 0 Å². The predicted molar refractivity (Wildman–Crippen MR) is 68.0 cm³/mol. The largest absolute Gasteiger partial charge is 0.0835 e. The summed E-state index contributed by atoms with van der Waals surface area (Å²) < 4.78 is 0. The van der Waals surface area contributed by atoms with Crippen LogP contribution in [0, 0.1) is 5.92 Å². The topological polar surface area (TPSA) is 0 Å². The molecule has 0 heteroatoms. The van der Waals surface area contributed by atoms with Gasteiger partial charge in [0.25, 0.3) is 0 Å². The van der Waals surface area contributed by atoms with Gasteiger partial charge in [-0.3, -0.25) is 0 Å². The molecule has 0 heterocycles. The van der Waals surface area contributed by atoms with E-state index in [9.17, 15) is 0 Å². The van der Waals surface area contributed by atoms with Crippen molar-refractivity contribution in [2.45, 2.75) is 6.42 Å². The second kappa shape index (κ2) is 2.85. The maximum absolute atomic E-state index is 2.34. The molecule has 0 N–H and O–H groups in total. The Hall–Kier alpha value is -1.82. The molecule has 0 fully saturated rings. The van der Waals surface area contributed by atoms with Crippen molar-refractivity contribution < 1.29 is 0 Å². The molecule has 0 nitrogen and oxygen atoms in total. The molecule has 0 saturated heterocycles. The highest BCUT2D eigenvalue weighted by Gasteiger charge is 2.28. The second-order valence-corrected chi connectivity index (χ2v) is 4.38. The molecular weight excluding hydrogens is 192 g/mol. The number of fused-ring (bicyclic) bond motifs is 3. The summed E-state index contributed by atoms with van der Waals surface area (Å²) in [7, 11) is 0. The van der Waals surface area contributed by atoms with Gasteiger partial charge in [0.1, 0.15) is 0 Å². The maximum Gasteiger partial charge on any atom is 0.0563 e. The summed E-state index contributed by atoms with van der Waals surface area (Å²) in [4.78, 5) is 0. The van der Waals surface area contributed by atoms with E-state index < -0.39 is 0 Å². The highest BCUT2D eigenvalue weighted by molar-refractivity contribution is 6.09. The normalized spacial score (nSPS) is 17.6. The van der Waals surface area contributed by atoms with Crippen LogP contribution in [0.3, 0.4) is 0 Å². The summed E-state index contributed by atoms with van der Waals surface area (Å²) in [5.74, 6) is 1.40. The third-order valence-electron chi connectivity index (χ3n) is 3.52. The summed E-state index contributed by atoms with van der Waals surface area (Å²) in [6, 6.07) is 13.2. The van der Waals surface area contributed by atoms with E-state index in [0.29, 0.717) is 0 Å². The molecule has 16 heavy (non-hydrogen) atoms. The number of benzene rings is 2. The average molecular weight is 203 g/mol. The number of hydrogen-bond acceptors (Lipinski definition) is 0. The van der Waals surface area contributed by atoms with Crippen molar-refractivity contribution in [1.82, 2.24) is 0 Å². The van der Waals surface area contributed by atoms with Gasteiger partial charge in [0.05, 0.1) is 5.92 Å². The molecule has 0 spiro atoms. The van der Waals surface area contributed by atoms with E-state index in [2.05, 4.69) is 54.6 Å². The predicted octanol–water partition coefficient (Wildman–Crippen LogP) is 4.12. The zero-order valence-corrected chi connectivity index (χ0v) is 8.90. The SMILES string of the molecule is C1=C[C]2C(=CC1)c1cccc3cccc2c13. The van der Waals surface area contributed by atoms with Crippen molar-refractivity contribution in [2.24, 2.45) is 0 Å². The van der Waals surface area contributed by atoms with E-state index in [1.54, 1.807) is 0 Å². The van der Waals surface area contributed by atoms with E-state index in [-0.39, 0.29) is 0 Å². The van der Waals surface area contributed by atoms with Crippen molar-refractivity contribution in [3.05, 3.63) is 71.7 Å². The Morgan fingerprint density at radius 3 is 2.56 bits per heavy atom. The minimum Gasteiger partial charge on any atom is -0.0835 e. The van der Waals surface area contributed by atoms with Crippen molar-refractivity contribution in [1.29, 1.82) is 0 Å². The first kappa shape index (κ1) is 8.35. The molecule has 2 aromatic carbocycles. The zero-order valence-electron chi connectivity index (χ0n) is 8.90. The number of rotatable bonds is 0. The van der Waals surface area contributed by atoms with E-state index in [1.807, 2.05) is 0 Å². The Bertz CT molecular complexity index is 639. The van der Waals surface area contributed by atoms with Crippen molar-refractivity contribution in [3.8, 4) is 0 Å². The van der Waals surface area contributed by atoms with Crippen LogP contribution in [0.2, 0.25) is 0 Å². The summed E-state index contributed by atoms with van der Waals surface area (Å²) in [5.41, 5.74) is 4.23. The van der Waals surface area contributed by atoms with Crippen LogP contribution in [0.25, 0.3) is 16.3 Å². The van der Waals surface area contributed by atoms with Gasteiger partial charge in [0, 0.05) is 0 Å². The average Bonchev–Trinajstić information content (AvgIpc) is 2.68. The minimum absolute atomic E-state index is 1.06. The molecular formula is C16H11. The Balaban J connectivity index is 2.19. The van der Waals surface area contributed by atoms with E-state index in [0.717, 1.165) is 6.42 Å². The lowest BCUT2D eigenvalue weighted by molar-refractivity contribution is 1.30. The third kappa shape index (κ3) is 0.898. The molecule has 0 amide bonds. The molecule has 1 radical (unpaired) electrons. The maximum atomic E-state index is 2.34. The summed E-state index contributed by atoms with van der Waals surface area (Å²) >= 11 is 0. The minimum atomic E-state index is 1.06. The smallest absolute Gasteiger partial charge is 0.0563 e. The molecule has 75 valence electrons. The molecule has 2 aliphatic carbocycles. The molecule has 4 rings (SSSR count). The standard InChI is InChI=1S/C16H11/c1-2-8-13-12(7-1)14-9-3-5-11-6-4-10-15(13)16(11)14/h1,3-10H,2H2. The summed E-state index contributed by atoms with van der Waals surface area (Å²) in [6.45, 7) is 0. The molecule has 0 bridgehead atoms. The van der Waals surface area contributed by atoms with Crippen LogP contribution in [-0.4, -0.2) is 0 Å². The molecule has 2 aliphatic rings. The van der Waals surface area contributed by atoms with Crippen LogP contribution in [0.15, 0.2) is 54.6 Å². The highest BCUT2D eigenvalue weighted by Crippen LogP contribution is 2.47. The van der Waals surface area contributed by atoms with Crippen molar-refractivity contribution >= 4 is 16.3 Å². The van der Waals surface area contributed by atoms with Gasteiger partial charge >= 0.3 is 0 Å². The highest BCUT2D eigenvalue weighted by atomic mass is 14.3. The van der Waals surface area contributed by atoms with Gasteiger partial charge in [-0.2, -0.15) is 0 Å². The van der Waals surface area contributed by atoms with Gasteiger partial charge in [0.2, 0.25) is 0 Å². The van der Waals surface area contributed by atoms with Crippen LogP contribution in [0.5, 0.6) is 0 Å². The van der Waals surface area contributed by atoms with E-state index >= 15 is 0 Å². The van der Waals surface area contributed by atoms with E-state index in [1.165, 1.54) is 33.4 Å².